The van der Waals surface area contributed by atoms with Crippen LogP contribution in [0.25, 0.3) is 0 Å². The van der Waals surface area contributed by atoms with Crippen LogP contribution in [0.15, 0.2) is 0 Å². The van der Waals surface area contributed by atoms with Crippen molar-refractivity contribution in [1.29, 1.82) is 0 Å². The first-order valence-corrected chi connectivity index (χ1v) is 9.05. The molecule has 2 aliphatic rings. The molecule has 0 bridgehead atoms. The summed E-state index contributed by atoms with van der Waals surface area (Å²) < 4.78 is 5.48. The number of carbonyl (C=O) groups is 2. The zero-order valence-corrected chi connectivity index (χ0v) is 15.1. The molecule has 1 saturated heterocycles. The van der Waals surface area contributed by atoms with Gasteiger partial charge in [0.2, 0.25) is 5.91 Å². The van der Waals surface area contributed by atoms with Crippen LogP contribution in [0.1, 0.15) is 66.2 Å². The van der Waals surface area contributed by atoms with Gasteiger partial charge in [0.05, 0.1) is 0 Å². The maximum absolute atomic E-state index is 12.2. The molecule has 0 radical (unpaired) electrons. The summed E-state index contributed by atoms with van der Waals surface area (Å²) in [5, 5.41) is 3.04. The maximum Gasteiger partial charge on any atom is 0.410 e. The van der Waals surface area contributed by atoms with Crippen LogP contribution in [0.5, 0.6) is 0 Å². The molecule has 2 fully saturated rings. The number of nitrogens with zero attached hydrogens (tertiary/aromatic N) is 1. The lowest BCUT2D eigenvalue weighted by Crippen LogP contribution is -2.40. The van der Waals surface area contributed by atoms with Crippen LogP contribution in [-0.4, -0.2) is 41.6 Å². The van der Waals surface area contributed by atoms with Gasteiger partial charge in [-0.05, 0) is 65.2 Å². The summed E-state index contributed by atoms with van der Waals surface area (Å²) in [6.07, 6.45) is 6.10. The van der Waals surface area contributed by atoms with Gasteiger partial charge in [-0.15, -0.1) is 0 Å². The Hall–Kier alpha value is -1.26. The molecule has 132 valence electrons. The molecule has 0 unspecified atom stereocenters. The molecule has 5 nitrogen and oxygen atoms in total. The minimum absolute atomic E-state index is 0.153. The smallest absolute Gasteiger partial charge is 0.410 e. The molecule has 0 aromatic carbocycles. The van der Waals surface area contributed by atoms with Gasteiger partial charge in [0, 0.05) is 25.0 Å². The van der Waals surface area contributed by atoms with Crippen molar-refractivity contribution in [2.75, 3.05) is 13.1 Å². The zero-order valence-electron chi connectivity index (χ0n) is 15.1. The molecule has 1 heterocycles. The number of amides is 2. The van der Waals surface area contributed by atoms with Gasteiger partial charge in [0.25, 0.3) is 0 Å². The van der Waals surface area contributed by atoms with E-state index in [2.05, 4.69) is 5.32 Å². The number of rotatable bonds is 6. The summed E-state index contributed by atoms with van der Waals surface area (Å²) in [5.41, 5.74) is -0.447. The molecule has 2 atom stereocenters. The Kier molecular flexibility index (Phi) is 5.93. The van der Waals surface area contributed by atoms with Crippen LogP contribution in [0.4, 0.5) is 4.79 Å². The summed E-state index contributed by atoms with van der Waals surface area (Å²) in [4.78, 5) is 26.0. The first kappa shape index (κ1) is 18.1. The number of likely N-dealkylation sites (tertiary alicyclic amines) is 1. The topological polar surface area (TPSA) is 58.6 Å². The highest BCUT2D eigenvalue weighted by Crippen LogP contribution is 2.36. The second-order valence-corrected chi connectivity index (χ2v) is 8.03. The van der Waals surface area contributed by atoms with Crippen molar-refractivity contribution in [2.45, 2.75) is 77.9 Å². The minimum atomic E-state index is -0.447. The molecule has 1 saturated carbocycles. The van der Waals surface area contributed by atoms with E-state index in [9.17, 15) is 9.59 Å². The SMILES string of the molecule is C[C@H](C(=O)NCCC[C@@H]1CCCN1C(=O)OC(C)(C)C)C1CC1. The van der Waals surface area contributed by atoms with Gasteiger partial charge in [-0.3, -0.25) is 4.79 Å². The summed E-state index contributed by atoms with van der Waals surface area (Å²) in [6, 6.07) is 0.252. The Balaban J connectivity index is 1.67. The Labute approximate surface area is 140 Å². The molecule has 0 spiro atoms. The number of hydrogen-bond acceptors (Lipinski definition) is 3. The van der Waals surface area contributed by atoms with Crippen LogP contribution in [-0.2, 0) is 9.53 Å². The van der Waals surface area contributed by atoms with Crippen molar-refractivity contribution < 1.29 is 14.3 Å². The van der Waals surface area contributed by atoms with E-state index in [4.69, 9.17) is 4.74 Å². The van der Waals surface area contributed by atoms with Gasteiger partial charge in [0.1, 0.15) is 5.60 Å². The van der Waals surface area contributed by atoms with Crippen molar-refractivity contribution in [1.82, 2.24) is 10.2 Å². The second-order valence-electron chi connectivity index (χ2n) is 8.03. The summed E-state index contributed by atoms with van der Waals surface area (Å²) in [7, 11) is 0. The molecule has 2 amide bonds. The van der Waals surface area contributed by atoms with Gasteiger partial charge in [0.15, 0.2) is 0 Å². The highest BCUT2D eigenvalue weighted by molar-refractivity contribution is 5.78. The second kappa shape index (κ2) is 7.54. The van der Waals surface area contributed by atoms with E-state index in [-0.39, 0.29) is 24.0 Å². The highest BCUT2D eigenvalue weighted by atomic mass is 16.6. The van der Waals surface area contributed by atoms with Gasteiger partial charge < -0.3 is 15.0 Å². The average molecular weight is 324 g/mol. The van der Waals surface area contributed by atoms with Crippen LogP contribution in [0.3, 0.4) is 0 Å². The average Bonchev–Trinajstić information content (AvgIpc) is 3.19. The normalized spacial score (nSPS) is 22.8. The van der Waals surface area contributed by atoms with E-state index in [0.717, 1.165) is 32.2 Å². The number of hydrogen-bond donors (Lipinski definition) is 1. The zero-order chi connectivity index (χ0) is 17.0. The maximum atomic E-state index is 12.2. The number of carbonyl (C=O) groups excluding carboxylic acids is 2. The van der Waals surface area contributed by atoms with E-state index < -0.39 is 5.60 Å². The van der Waals surface area contributed by atoms with E-state index in [1.165, 1.54) is 12.8 Å². The molecule has 2 rings (SSSR count). The first-order valence-electron chi connectivity index (χ1n) is 9.05. The van der Waals surface area contributed by atoms with Crippen molar-refractivity contribution in [3.8, 4) is 0 Å². The highest BCUT2D eigenvalue weighted by Gasteiger charge is 2.33. The van der Waals surface area contributed by atoms with Crippen LogP contribution >= 0.6 is 0 Å². The molecule has 0 aromatic rings. The lowest BCUT2D eigenvalue weighted by atomic mass is 10.1. The molecule has 0 aromatic heterocycles. The number of ether oxygens (including phenoxy) is 1. The molecule has 23 heavy (non-hydrogen) atoms. The summed E-state index contributed by atoms with van der Waals surface area (Å²) >= 11 is 0. The third-order valence-corrected chi connectivity index (χ3v) is 4.76. The Morgan fingerprint density at radius 1 is 1.26 bits per heavy atom. The fourth-order valence-corrected chi connectivity index (χ4v) is 3.22. The predicted octanol–water partition coefficient (Wildman–Crippen LogP) is 3.33. The fraction of sp³-hybridized carbons (Fsp3) is 0.889. The van der Waals surface area contributed by atoms with E-state index in [1.54, 1.807) is 0 Å². The molecule has 1 aliphatic carbocycles. The summed E-state index contributed by atoms with van der Waals surface area (Å²) in [6.45, 7) is 9.19. The number of nitrogens with one attached hydrogen (secondary N) is 1. The summed E-state index contributed by atoms with van der Waals surface area (Å²) in [5.74, 6) is 0.940. The lowest BCUT2D eigenvalue weighted by molar-refractivity contribution is -0.125. The van der Waals surface area contributed by atoms with Crippen LogP contribution < -0.4 is 5.32 Å². The predicted molar refractivity (Wildman–Crippen MR) is 90.1 cm³/mol. The molecular formula is C18H32N2O3. The molecule has 5 heteroatoms. The third kappa shape index (κ3) is 5.70. The Morgan fingerprint density at radius 2 is 1.96 bits per heavy atom. The van der Waals surface area contributed by atoms with Crippen molar-refractivity contribution in [2.24, 2.45) is 11.8 Å². The quantitative estimate of drug-likeness (QED) is 0.762. The fourth-order valence-electron chi connectivity index (χ4n) is 3.22. The lowest BCUT2D eigenvalue weighted by Gasteiger charge is -2.28. The standard InChI is InChI=1S/C18H32N2O3/c1-13(14-9-10-14)16(21)19-11-5-7-15-8-6-12-20(15)17(22)23-18(2,3)4/h13-15H,5-12H2,1-4H3,(H,19,21)/t13-,15+/m0/s1. The molecule has 1 N–H and O–H groups in total. The van der Waals surface area contributed by atoms with E-state index in [0.29, 0.717) is 12.5 Å². The third-order valence-electron chi connectivity index (χ3n) is 4.76. The largest absolute Gasteiger partial charge is 0.444 e. The van der Waals surface area contributed by atoms with E-state index >= 15 is 0 Å². The van der Waals surface area contributed by atoms with Gasteiger partial charge in [-0.25, -0.2) is 4.79 Å². The Bertz CT molecular complexity index is 426. The van der Waals surface area contributed by atoms with Gasteiger partial charge >= 0.3 is 6.09 Å². The van der Waals surface area contributed by atoms with Crippen molar-refractivity contribution in [3.05, 3.63) is 0 Å². The monoisotopic (exact) mass is 324 g/mol. The van der Waals surface area contributed by atoms with Gasteiger partial charge in [-0.1, -0.05) is 6.92 Å². The Morgan fingerprint density at radius 3 is 2.57 bits per heavy atom. The van der Waals surface area contributed by atoms with Gasteiger partial charge in [-0.2, -0.15) is 0 Å². The molecular weight excluding hydrogens is 292 g/mol. The molecule has 1 aliphatic heterocycles. The van der Waals surface area contributed by atoms with Crippen molar-refractivity contribution >= 4 is 12.0 Å². The van der Waals surface area contributed by atoms with Crippen molar-refractivity contribution in [3.63, 3.8) is 0 Å². The van der Waals surface area contributed by atoms with Crippen LogP contribution in [0.2, 0.25) is 0 Å². The van der Waals surface area contributed by atoms with E-state index in [1.807, 2.05) is 32.6 Å². The van der Waals surface area contributed by atoms with Crippen LogP contribution in [0, 0.1) is 11.8 Å². The minimum Gasteiger partial charge on any atom is -0.444 e. The first-order chi connectivity index (χ1) is 10.8.